The molecule has 0 aliphatic carbocycles. The first-order valence-electron chi connectivity index (χ1n) is 6.15. The number of rotatable bonds is 6. The van der Waals surface area contributed by atoms with Crippen LogP contribution in [0.15, 0.2) is 18.2 Å². The van der Waals surface area contributed by atoms with E-state index >= 15 is 0 Å². The minimum absolute atomic E-state index is 0.0135. The fourth-order valence-electron chi connectivity index (χ4n) is 1.86. The van der Waals surface area contributed by atoms with Crippen LogP contribution in [-0.2, 0) is 6.54 Å². The van der Waals surface area contributed by atoms with Crippen molar-refractivity contribution in [3.05, 3.63) is 35.1 Å². The first-order chi connectivity index (χ1) is 8.62. The Morgan fingerprint density at radius 2 is 2.06 bits per heavy atom. The highest BCUT2D eigenvalue weighted by Gasteiger charge is 2.24. The summed E-state index contributed by atoms with van der Waals surface area (Å²) in [5, 5.41) is 21.4. The van der Waals surface area contributed by atoms with E-state index < -0.39 is 5.82 Å². The van der Waals surface area contributed by atoms with Crippen LogP contribution in [0.1, 0.15) is 37.8 Å². The Hall–Kier alpha value is -1.44. The zero-order valence-corrected chi connectivity index (χ0v) is 10.8. The quantitative estimate of drug-likeness (QED) is 0.814. The van der Waals surface area contributed by atoms with Crippen molar-refractivity contribution in [2.75, 3.05) is 6.61 Å². The second-order valence-electron chi connectivity index (χ2n) is 4.39. The van der Waals surface area contributed by atoms with Crippen LogP contribution in [0.25, 0.3) is 0 Å². The van der Waals surface area contributed by atoms with Gasteiger partial charge < -0.3 is 10.4 Å². The molecule has 0 unspecified atom stereocenters. The zero-order valence-electron chi connectivity index (χ0n) is 10.8. The lowest BCUT2D eigenvalue weighted by molar-refractivity contribution is 0.149. The predicted octanol–water partition coefficient (Wildman–Crippen LogP) is 2.34. The first kappa shape index (κ1) is 14.6. The van der Waals surface area contributed by atoms with Gasteiger partial charge in [0.1, 0.15) is 11.9 Å². The molecule has 0 atom stereocenters. The second-order valence-corrected chi connectivity index (χ2v) is 4.39. The maximum Gasteiger partial charge on any atom is 0.145 e. The number of nitriles is 1. The van der Waals surface area contributed by atoms with Crippen molar-refractivity contribution in [1.29, 1.82) is 5.26 Å². The van der Waals surface area contributed by atoms with E-state index in [1.165, 1.54) is 6.07 Å². The molecule has 0 aliphatic heterocycles. The van der Waals surface area contributed by atoms with Gasteiger partial charge in [0.15, 0.2) is 0 Å². The molecular formula is C14H19FN2O. The topological polar surface area (TPSA) is 56.0 Å². The Kier molecular flexibility index (Phi) is 5.26. The minimum Gasteiger partial charge on any atom is -0.394 e. The van der Waals surface area contributed by atoms with Gasteiger partial charge in [-0.1, -0.05) is 26.0 Å². The maximum atomic E-state index is 13.8. The molecule has 0 saturated carbocycles. The van der Waals surface area contributed by atoms with Crippen LogP contribution in [0.3, 0.4) is 0 Å². The molecular weight excluding hydrogens is 231 g/mol. The van der Waals surface area contributed by atoms with Gasteiger partial charge in [-0.2, -0.15) is 5.26 Å². The average molecular weight is 250 g/mol. The Morgan fingerprint density at radius 3 is 2.56 bits per heavy atom. The van der Waals surface area contributed by atoms with E-state index in [1.54, 1.807) is 12.1 Å². The third-order valence-electron chi connectivity index (χ3n) is 3.51. The molecule has 3 nitrogen and oxygen atoms in total. The molecule has 0 amide bonds. The van der Waals surface area contributed by atoms with Gasteiger partial charge in [0, 0.05) is 17.6 Å². The van der Waals surface area contributed by atoms with Gasteiger partial charge in [-0.3, -0.25) is 0 Å². The molecule has 0 heterocycles. The molecule has 0 saturated heterocycles. The lowest BCUT2D eigenvalue weighted by Crippen LogP contribution is -2.47. The number of benzene rings is 1. The molecule has 0 bridgehead atoms. The standard InChI is InChI=1S/C14H19FN2O/c1-3-14(4-2,10-18)17-9-12-7-5-6-11(8-16)13(12)15/h5-7,17-18H,3-4,9-10H2,1-2H3. The van der Waals surface area contributed by atoms with E-state index in [2.05, 4.69) is 5.32 Å². The molecule has 0 aromatic heterocycles. The molecule has 18 heavy (non-hydrogen) atoms. The minimum atomic E-state index is -0.480. The van der Waals surface area contributed by atoms with Crippen LogP contribution in [0.4, 0.5) is 4.39 Å². The largest absolute Gasteiger partial charge is 0.394 e. The van der Waals surface area contributed by atoms with Gasteiger partial charge in [-0.15, -0.1) is 0 Å². The molecule has 0 radical (unpaired) electrons. The summed E-state index contributed by atoms with van der Waals surface area (Å²) in [6, 6.07) is 6.59. The van der Waals surface area contributed by atoms with E-state index in [-0.39, 0.29) is 17.7 Å². The molecule has 4 heteroatoms. The SMILES string of the molecule is CCC(CC)(CO)NCc1cccc(C#N)c1F. The van der Waals surface area contributed by atoms with Crippen molar-refractivity contribution in [3.63, 3.8) is 0 Å². The Morgan fingerprint density at radius 1 is 1.39 bits per heavy atom. The van der Waals surface area contributed by atoms with Gasteiger partial charge >= 0.3 is 0 Å². The van der Waals surface area contributed by atoms with Crippen LogP contribution in [0, 0.1) is 17.1 Å². The molecule has 0 spiro atoms. The normalized spacial score (nSPS) is 11.3. The highest BCUT2D eigenvalue weighted by atomic mass is 19.1. The van der Waals surface area contributed by atoms with Crippen molar-refractivity contribution in [1.82, 2.24) is 5.32 Å². The van der Waals surface area contributed by atoms with Crippen LogP contribution in [0.2, 0.25) is 0 Å². The van der Waals surface area contributed by atoms with Crippen molar-refractivity contribution in [3.8, 4) is 6.07 Å². The summed E-state index contributed by atoms with van der Waals surface area (Å²) >= 11 is 0. The smallest absolute Gasteiger partial charge is 0.145 e. The highest BCUT2D eigenvalue weighted by Crippen LogP contribution is 2.17. The van der Waals surface area contributed by atoms with Crippen molar-refractivity contribution < 1.29 is 9.50 Å². The van der Waals surface area contributed by atoms with Crippen molar-refractivity contribution >= 4 is 0 Å². The summed E-state index contributed by atoms with van der Waals surface area (Å²) < 4.78 is 13.8. The van der Waals surface area contributed by atoms with Gasteiger partial charge in [-0.25, -0.2) is 4.39 Å². The molecule has 2 N–H and O–H groups in total. The van der Waals surface area contributed by atoms with Gasteiger partial charge in [0.2, 0.25) is 0 Å². The van der Waals surface area contributed by atoms with Gasteiger partial charge in [-0.05, 0) is 18.9 Å². The van der Waals surface area contributed by atoms with E-state index in [0.29, 0.717) is 12.1 Å². The summed E-state index contributed by atoms with van der Waals surface area (Å²) in [5.74, 6) is -0.480. The summed E-state index contributed by atoms with van der Waals surface area (Å²) in [5.41, 5.74) is 0.125. The van der Waals surface area contributed by atoms with Gasteiger partial charge in [0.25, 0.3) is 0 Å². The summed E-state index contributed by atoms with van der Waals surface area (Å²) in [7, 11) is 0. The molecule has 0 aliphatic rings. The molecule has 1 rings (SSSR count). The van der Waals surface area contributed by atoms with E-state index in [1.807, 2.05) is 19.9 Å². The summed E-state index contributed by atoms with van der Waals surface area (Å²) in [6.07, 6.45) is 1.53. The van der Waals surface area contributed by atoms with Crippen molar-refractivity contribution in [2.45, 2.75) is 38.8 Å². The molecule has 1 aromatic rings. The third-order valence-corrected chi connectivity index (χ3v) is 3.51. The van der Waals surface area contributed by atoms with Crippen LogP contribution in [-0.4, -0.2) is 17.3 Å². The Bertz CT molecular complexity index is 428. The number of nitrogens with zero attached hydrogens (tertiary/aromatic N) is 1. The fraction of sp³-hybridized carbons (Fsp3) is 0.500. The average Bonchev–Trinajstić information content (AvgIpc) is 2.42. The summed E-state index contributed by atoms with van der Waals surface area (Å²) in [4.78, 5) is 0. The number of hydrogen-bond donors (Lipinski definition) is 2. The first-order valence-corrected chi connectivity index (χ1v) is 6.15. The van der Waals surface area contributed by atoms with E-state index in [4.69, 9.17) is 5.26 Å². The maximum absolute atomic E-state index is 13.8. The Balaban J connectivity index is 2.84. The van der Waals surface area contributed by atoms with Crippen molar-refractivity contribution in [2.24, 2.45) is 0 Å². The monoisotopic (exact) mass is 250 g/mol. The number of hydrogen-bond acceptors (Lipinski definition) is 3. The molecule has 98 valence electrons. The number of aliphatic hydroxyl groups excluding tert-OH is 1. The molecule has 1 aromatic carbocycles. The lowest BCUT2D eigenvalue weighted by atomic mass is 9.93. The molecule has 0 fully saturated rings. The number of aliphatic hydroxyl groups is 1. The third kappa shape index (κ3) is 3.06. The summed E-state index contributed by atoms with van der Waals surface area (Å²) in [6.45, 7) is 4.28. The fourth-order valence-corrected chi connectivity index (χ4v) is 1.86. The van der Waals surface area contributed by atoms with Crippen LogP contribution < -0.4 is 5.32 Å². The predicted molar refractivity (Wildman–Crippen MR) is 68.4 cm³/mol. The number of nitrogens with one attached hydrogen (secondary N) is 1. The lowest BCUT2D eigenvalue weighted by Gasteiger charge is -2.31. The highest BCUT2D eigenvalue weighted by molar-refractivity contribution is 5.34. The van der Waals surface area contributed by atoms with E-state index in [9.17, 15) is 9.50 Å². The van der Waals surface area contributed by atoms with Gasteiger partial charge in [0.05, 0.1) is 12.2 Å². The van der Waals surface area contributed by atoms with Crippen LogP contribution in [0.5, 0.6) is 0 Å². The second kappa shape index (κ2) is 6.48. The van der Waals surface area contributed by atoms with Crippen LogP contribution >= 0.6 is 0 Å². The zero-order chi connectivity index (χ0) is 13.6. The van der Waals surface area contributed by atoms with E-state index in [0.717, 1.165) is 12.8 Å². The number of halogens is 1. The Labute approximate surface area is 107 Å².